The molecule has 1 aromatic heterocycles. The molecule has 0 spiro atoms. The summed E-state index contributed by atoms with van der Waals surface area (Å²) in [5, 5.41) is 20.4. The summed E-state index contributed by atoms with van der Waals surface area (Å²) in [5.74, 6) is -0.903. The third-order valence-electron chi connectivity index (χ3n) is 3.04. The zero-order valence-corrected chi connectivity index (χ0v) is 10.9. The number of fused-ring (bicyclic) bond motifs is 1. The molecule has 0 saturated carbocycles. The second-order valence-corrected chi connectivity index (χ2v) is 4.27. The molecule has 6 nitrogen and oxygen atoms in total. The lowest BCUT2D eigenvalue weighted by molar-refractivity contribution is -0.159. The summed E-state index contributed by atoms with van der Waals surface area (Å²) in [6, 6.07) is 4.94. The predicted molar refractivity (Wildman–Crippen MR) is 71.3 cm³/mol. The molecule has 0 bridgehead atoms. The largest absolute Gasteiger partial charge is 0.464 e. The minimum absolute atomic E-state index is 0.108. The van der Waals surface area contributed by atoms with Gasteiger partial charge >= 0.3 is 5.97 Å². The van der Waals surface area contributed by atoms with E-state index >= 15 is 0 Å². The molecular weight excluding hydrogens is 262 g/mol. The van der Waals surface area contributed by atoms with Gasteiger partial charge in [0.15, 0.2) is 12.4 Å². The van der Waals surface area contributed by atoms with Gasteiger partial charge in [0.2, 0.25) is 0 Å². The number of aliphatic hydroxyl groups is 2. The zero-order chi connectivity index (χ0) is 14.7. The molecule has 2 rings (SSSR count). The summed E-state index contributed by atoms with van der Waals surface area (Å²) in [7, 11) is 0. The van der Waals surface area contributed by atoms with E-state index in [0.29, 0.717) is 28.3 Å². The van der Waals surface area contributed by atoms with Gasteiger partial charge in [0.05, 0.1) is 6.61 Å². The Labute approximate surface area is 115 Å². The number of rotatable bonds is 5. The maximum Gasteiger partial charge on any atom is 0.338 e. The molecule has 0 radical (unpaired) electrons. The maximum absolute atomic E-state index is 11.5. The molecular formula is C14H15NO5. The summed E-state index contributed by atoms with van der Waals surface area (Å²) in [5.41, 5.74) is 1.29. The Morgan fingerprint density at radius 3 is 2.85 bits per heavy atom. The number of hydrogen-bond acceptors (Lipinski definition) is 5. The van der Waals surface area contributed by atoms with Crippen LogP contribution in [0.25, 0.3) is 10.9 Å². The van der Waals surface area contributed by atoms with Gasteiger partial charge in [-0.15, -0.1) is 0 Å². The number of aliphatic hydroxyl groups excluding tert-OH is 2. The number of carbonyl (C=O) groups excluding carboxylic acids is 2. The second-order valence-electron chi connectivity index (χ2n) is 4.27. The quantitative estimate of drug-likeness (QED) is 0.558. The van der Waals surface area contributed by atoms with E-state index in [2.05, 4.69) is 9.72 Å². The first-order valence-electron chi connectivity index (χ1n) is 6.18. The highest BCUT2D eigenvalue weighted by molar-refractivity contribution is 5.99. The fourth-order valence-electron chi connectivity index (χ4n) is 2.11. The molecule has 1 aromatic carbocycles. The molecule has 1 heterocycles. The number of aromatic amines is 1. The van der Waals surface area contributed by atoms with Crippen LogP contribution in [0.5, 0.6) is 0 Å². The summed E-state index contributed by atoms with van der Waals surface area (Å²) in [6.45, 7) is 1.71. The van der Waals surface area contributed by atoms with E-state index in [0.717, 1.165) is 0 Å². The number of esters is 1. The number of ether oxygens (including phenoxy) is 1. The Morgan fingerprint density at radius 2 is 2.20 bits per heavy atom. The van der Waals surface area contributed by atoms with Crippen LogP contribution >= 0.6 is 0 Å². The first kappa shape index (κ1) is 14.2. The van der Waals surface area contributed by atoms with Crippen molar-refractivity contribution in [3.63, 3.8) is 0 Å². The van der Waals surface area contributed by atoms with Crippen LogP contribution in [0.1, 0.15) is 28.9 Å². The molecule has 2 aromatic rings. The van der Waals surface area contributed by atoms with E-state index in [1.807, 2.05) is 0 Å². The Balaban J connectivity index is 2.44. The van der Waals surface area contributed by atoms with Crippen molar-refractivity contribution in [3.05, 3.63) is 35.5 Å². The molecule has 0 amide bonds. The summed E-state index contributed by atoms with van der Waals surface area (Å²) in [6.07, 6.45) is -1.02. The van der Waals surface area contributed by atoms with Crippen molar-refractivity contribution in [2.24, 2.45) is 0 Å². The fourth-order valence-corrected chi connectivity index (χ4v) is 2.11. The Bertz CT molecular complexity index is 634. The number of H-pyrrole nitrogens is 1. The molecule has 3 N–H and O–H groups in total. The van der Waals surface area contributed by atoms with Gasteiger partial charge in [-0.25, -0.2) is 4.79 Å². The highest BCUT2D eigenvalue weighted by Crippen LogP contribution is 2.28. The first-order chi connectivity index (χ1) is 9.60. The summed E-state index contributed by atoms with van der Waals surface area (Å²) < 4.78 is 4.67. The number of carbonyl (C=O) groups is 2. The van der Waals surface area contributed by atoms with Gasteiger partial charge in [-0.05, 0) is 18.6 Å². The molecule has 0 aliphatic rings. The zero-order valence-electron chi connectivity index (χ0n) is 10.9. The van der Waals surface area contributed by atoms with Crippen molar-refractivity contribution in [2.75, 3.05) is 6.61 Å². The van der Waals surface area contributed by atoms with Crippen LogP contribution in [0.4, 0.5) is 0 Å². The van der Waals surface area contributed by atoms with Gasteiger partial charge in [0.25, 0.3) is 0 Å². The number of nitrogens with one attached hydrogen (secondary N) is 1. The van der Waals surface area contributed by atoms with Crippen molar-refractivity contribution < 1.29 is 24.5 Å². The van der Waals surface area contributed by atoms with Crippen LogP contribution in [-0.4, -0.2) is 40.2 Å². The molecule has 20 heavy (non-hydrogen) atoms. The number of aromatic nitrogens is 1. The van der Waals surface area contributed by atoms with Crippen molar-refractivity contribution >= 4 is 23.2 Å². The Kier molecular flexibility index (Phi) is 4.16. The monoisotopic (exact) mass is 277 g/mol. The van der Waals surface area contributed by atoms with E-state index in [-0.39, 0.29) is 6.61 Å². The average Bonchev–Trinajstić information content (AvgIpc) is 2.89. The molecule has 0 saturated heterocycles. The Hall–Kier alpha value is -2.18. The van der Waals surface area contributed by atoms with Crippen molar-refractivity contribution in [3.8, 4) is 0 Å². The predicted octanol–water partition coefficient (Wildman–Crippen LogP) is 0.938. The van der Waals surface area contributed by atoms with Crippen LogP contribution in [-0.2, 0) is 9.53 Å². The molecule has 6 heteroatoms. The first-order valence-corrected chi connectivity index (χ1v) is 6.18. The fraction of sp³-hybridized carbons (Fsp3) is 0.286. The topological polar surface area (TPSA) is 99.6 Å². The van der Waals surface area contributed by atoms with Gasteiger partial charge in [-0.2, -0.15) is 0 Å². The van der Waals surface area contributed by atoms with Gasteiger partial charge in [0, 0.05) is 22.7 Å². The van der Waals surface area contributed by atoms with Gasteiger partial charge < -0.3 is 19.9 Å². The molecule has 0 aliphatic carbocycles. The lowest BCUT2D eigenvalue weighted by Crippen LogP contribution is -2.30. The normalized spacial score (nSPS) is 13.9. The SMILES string of the molecule is CCOC(=O)C(O)C(O)c1cccc2[nH]cc(C=O)c12. The summed E-state index contributed by atoms with van der Waals surface area (Å²) >= 11 is 0. The van der Waals surface area contributed by atoms with Crippen LogP contribution < -0.4 is 0 Å². The number of aldehydes is 1. The lowest BCUT2D eigenvalue weighted by Gasteiger charge is -2.17. The maximum atomic E-state index is 11.5. The third-order valence-corrected chi connectivity index (χ3v) is 3.04. The van der Waals surface area contributed by atoms with Gasteiger partial charge in [-0.3, -0.25) is 4.79 Å². The Morgan fingerprint density at radius 1 is 1.45 bits per heavy atom. The van der Waals surface area contributed by atoms with E-state index in [1.54, 1.807) is 25.1 Å². The van der Waals surface area contributed by atoms with E-state index in [4.69, 9.17) is 0 Å². The van der Waals surface area contributed by atoms with E-state index < -0.39 is 18.2 Å². The minimum Gasteiger partial charge on any atom is -0.464 e. The van der Waals surface area contributed by atoms with Crippen LogP contribution in [0, 0.1) is 0 Å². The standard InChI is InChI=1S/C14H15NO5/c1-2-20-14(19)13(18)12(17)9-4-3-5-10-11(9)8(7-16)6-15-10/h3-7,12-13,15,17-18H,2H2,1H3. The minimum atomic E-state index is -1.70. The highest BCUT2D eigenvalue weighted by atomic mass is 16.5. The van der Waals surface area contributed by atoms with Crippen molar-refractivity contribution in [2.45, 2.75) is 19.1 Å². The van der Waals surface area contributed by atoms with E-state index in [1.165, 1.54) is 6.20 Å². The highest BCUT2D eigenvalue weighted by Gasteiger charge is 2.28. The van der Waals surface area contributed by atoms with Crippen LogP contribution in [0.2, 0.25) is 0 Å². The summed E-state index contributed by atoms with van der Waals surface area (Å²) in [4.78, 5) is 25.4. The number of hydrogen-bond donors (Lipinski definition) is 3. The van der Waals surface area contributed by atoms with Crippen molar-refractivity contribution in [1.82, 2.24) is 4.98 Å². The average molecular weight is 277 g/mol. The molecule has 0 aliphatic heterocycles. The lowest BCUT2D eigenvalue weighted by atomic mass is 9.98. The van der Waals surface area contributed by atoms with Crippen molar-refractivity contribution in [1.29, 1.82) is 0 Å². The van der Waals surface area contributed by atoms with Gasteiger partial charge in [-0.1, -0.05) is 12.1 Å². The van der Waals surface area contributed by atoms with Crippen LogP contribution in [0.15, 0.2) is 24.4 Å². The van der Waals surface area contributed by atoms with Crippen LogP contribution in [0.3, 0.4) is 0 Å². The molecule has 2 atom stereocenters. The third kappa shape index (κ3) is 2.43. The second kappa shape index (κ2) is 5.85. The molecule has 0 fully saturated rings. The smallest absolute Gasteiger partial charge is 0.338 e. The molecule has 2 unspecified atom stereocenters. The molecule has 106 valence electrons. The number of benzene rings is 1. The van der Waals surface area contributed by atoms with E-state index in [9.17, 15) is 19.8 Å². The van der Waals surface area contributed by atoms with Gasteiger partial charge in [0.1, 0.15) is 6.10 Å².